The molecule has 4 heterocycles. The van der Waals surface area contributed by atoms with Crippen LogP contribution in [-0.2, 0) is 28.7 Å². The normalized spacial score (nSPS) is 30.6. The van der Waals surface area contributed by atoms with Gasteiger partial charge in [-0.25, -0.2) is 0 Å². The maximum absolute atomic E-state index is 15.2. The van der Waals surface area contributed by atoms with Crippen molar-refractivity contribution in [2.45, 2.75) is 89.2 Å². The Hall–Kier alpha value is -3.80. The lowest BCUT2D eigenvalue weighted by Gasteiger charge is -2.36. The van der Waals surface area contributed by atoms with Crippen LogP contribution in [0.1, 0.15) is 68.2 Å². The van der Waals surface area contributed by atoms with Crippen molar-refractivity contribution in [1.29, 1.82) is 0 Å². The Labute approximate surface area is 302 Å². The lowest BCUT2D eigenvalue weighted by atomic mass is 9.74. The molecule has 2 aromatic rings. The maximum Gasteiger partial charge on any atom is 0.313 e. The third-order valence-corrected chi connectivity index (χ3v) is 11.1. The van der Waals surface area contributed by atoms with Crippen LogP contribution < -0.4 is 10.2 Å². The second kappa shape index (κ2) is 15.2. The van der Waals surface area contributed by atoms with Gasteiger partial charge in [-0.1, -0.05) is 89.5 Å². The molecular weight excluding hydrogens is 702 g/mol. The number of aryl methyl sites for hydroxylation is 2. The summed E-state index contributed by atoms with van der Waals surface area (Å²) in [5.74, 6) is -3.44. The average Bonchev–Trinajstić information content (AvgIpc) is 3.68. The van der Waals surface area contributed by atoms with Gasteiger partial charge in [-0.15, -0.1) is 0 Å². The largest absolute Gasteiger partial charge is 0.455 e. The summed E-state index contributed by atoms with van der Waals surface area (Å²) in [5, 5.41) is 12.3. The van der Waals surface area contributed by atoms with E-state index in [1.165, 1.54) is 0 Å². The number of fused-ring (bicyclic) bond motifs is 2. The third-order valence-electron chi connectivity index (χ3n) is 10.4. The Kier molecular flexibility index (Phi) is 11.0. The van der Waals surface area contributed by atoms with Crippen LogP contribution in [0.25, 0.3) is 0 Å². The summed E-state index contributed by atoms with van der Waals surface area (Å²) < 4.78 is 13.6. The Morgan fingerprint density at radius 1 is 0.920 bits per heavy atom. The standard InChI is InChI=1S/C39H46BrN3O7/c1-24-15-14-16-25(2)32(24)42-20-12-7-10-19-29(45)41-26(3)33(27-17-8-6-9-18-27)49-38(48)30-31-36(46)43(21-11-4-5-13-22-44)35(37(42)47)39(31)23-28(40)34(30)50-39/h6-9,12,14-18,23,26,30-31,33-35,44H,4-5,10-11,13,19-22H2,1-3H3,(H,41,45)/b12-7-/t26-,30+,31-,33+,34+,35+,39-/m0/s1. The number of likely N-dealkylation sites (tertiary alicyclic amines) is 1. The number of esters is 1. The Balaban J connectivity index is 1.46. The molecule has 2 saturated heterocycles. The fourth-order valence-corrected chi connectivity index (χ4v) is 8.88. The van der Waals surface area contributed by atoms with E-state index in [0.29, 0.717) is 35.9 Å². The molecule has 0 unspecified atom stereocenters. The van der Waals surface area contributed by atoms with Gasteiger partial charge in [0.2, 0.25) is 11.8 Å². The number of halogens is 1. The van der Waals surface area contributed by atoms with Gasteiger partial charge < -0.3 is 29.7 Å². The Bertz CT molecular complexity index is 1660. The van der Waals surface area contributed by atoms with E-state index in [1.807, 2.05) is 80.6 Å². The zero-order valence-electron chi connectivity index (χ0n) is 28.8. The summed E-state index contributed by atoms with van der Waals surface area (Å²) >= 11 is 3.64. The number of anilines is 1. The van der Waals surface area contributed by atoms with Gasteiger partial charge in [-0.3, -0.25) is 19.2 Å². The highest BCUT2D eigenvalue weighted by Crippen LogP contribution is 2.59. The van der Waals surface area contributed by atoms with Gasteiger partial charge in [-0.05, 0) is 62.8 Å². The SMILES string of the molecule is Cc1cccc(C)c1N1C/C=C\CCC(=O)N[C@@H](C)[C@H](c2ccccc2)OC(=O)[C@H]2[C@@H]3O[C@@]4(C=C3Br)[C@@H]2C(=O)N(CCCCCCO)[C@@H]4C1=O. The average molecular weight is 749 g/mol. The molecule has 4 aliphatic heterocycles. The second-order valence-electron chi connectivity index (χ2n) is 13.8. The van der Waals surface area contributed by atoms with Gasteiger partial charge in [0.15, 0.2) is 0 Å². The number of carbonyl (C=O) groups excluding carboxylic acids is 4. The van der Waals surface area contributed by atoms with Crippen molar-refractivity contribution < 1.29 is 33.8 Å². The van der Waals surface area contributed by atoms with E-state index in [0.717, 1.165) is 29.7 Å². The smallest absolute Gasteiger partial charge is 0.313 e. The lowest BCUT2D eigenvalue weighted by Crippen LogP contribution is -2.56. The molecule has 3 amide bonds. The first-order valence-electron chi connectivity index (χ1n) is 17.6. The molecule has 2 aromatic carbocycles. The summed E-state index contributed by atoms with van der Waals surface area (Å²) in [6, 6.07) is 13.5. The minimum atomic E-state index is -1.40. The van der Waals surface area contributed by atoms with E-state index < -0.39 is 47.7 Å². The first kappa shape index (κ1) is 36.0. The quantitative estimate of drug-likeness (QED) is 0.216. The van der Waals surface area contributed by atoms with Crippen molar-refractivity contribution in [3.05, 3.63) is 87.9 Å². The number of unbranched alkanes of at least 4 members (excludes halogenated alkanes) is 3. The highest BCUT2D eigenvalue weighted by molar-refractivity contribution is 9.11. The number of carbonyl (C=O) groups is 4. The molecule has 0 aromatic heterocycles. The number of cyclic esters (lactones) is 1. The molecule has 11 heteroatoms. The number of nitrogens with one attached hydrogen (secondary N) is 1. The molecule has 0 aliphatic carbocycles. The van der Waals surface area contributed by atoms with Crippen LogP contribution in [0.4, 0.5) is 5.69 Å². The van der Waals surface area contributed by atoms with E-state index in [9.17, 15) is 19.5 Å². The summed E-state index contributed by atoms with van der Waals surface area (Å²) in [5.41, 5.74) is 1.86. The molecule has 0 saturated carbocycles. The second-order valence-corrected chi connectivity index (χ2v) is 14.7. The van der Waals surface area contributed by atoms with Crippen molar-refractivity contribution in [1.82, 2.24) is 10.2 Å². The number of amides is 3. The molecule has 2 N–H and O–H groups in total. The monoisotopic (exact) mass is 747 g/mol. The highest BCUT2D eigenvalue weighted by Gasteiger charge is 2.75. The predicted octanol–water partition coefficient (Wildman–Crippen LogP) is 5.20. The number of para-hydroxylation sites is 1. The number of nitrogens with zero attached hydrogens (tertiary/aromatic N) is 2. The number of allylic oxidation sites excluding steroid dienone is 1. The van der Waals surface area contributed by atoms with Gasteiger partial charge in [0, 0.05) is 36.3 Å². The molecule has 7 atom stereocenters. The summed E-state index contributed by atoms with van der Waals surface area (Å²) in [4.78, 5) is 60.7. The van der Waals surface area contributed by atoms with E-state index in [2.05, 4.69) is 21.2 Å². The van der Waals surface area contributed by atoms with E-state index in [4.69, 9.17) is 9.47 Å². The minimum Gasteiger partial charge on any atom is -0.455 e. The molecule has 6 rings (SSSR count). The minimum absolute atomic E-state index is 0.0946. The van der Waals surface area contributed by atoms with Crippen LogP contribution in [0.2, 0.25) is 0 Å². The molecule has 10 nitrogen and oxygen atoms in total. The predicted molar refractivity (Wildman–Crippen MR) is 192 cm³/mol. The molecule has 5 bridgehead atoms. The molecule has 50 heavy (non-hydrogen) atoms. The van der Waals surface area contributed by atoms with Crippen LogP contribution in [0, 0.1) is 25.7 Å². The van der Waals surface area contributed by atoms with Gasteiger partial charge in [0.1, 0.15) is 29.8 Å². The number of benzene rings is 2. The third kappa shape index (κ3) is 6.67. The van der Waals surface area contributed by atoms with Crippen molar-refractivity contribution in [3.8, 4) is 0 Å². The van der Waals surface area contributed by atoms with Crippen LogP contribution in [0.15, 0.2) is 71.2 Å². The topological polar surface area (TPSA) is 125 Å². The number of rotatable bonds is 8. The highest BCUT2D eigenvalue weighted by atomic mass is 79.9. The summed E-state index contributed by atoms with van der Waals surface area (Å²) in [6.07, 6.45) is 7.48. The Morgan fingerprint density at radius 3 is 2.36 bits per heavy atom. The molecule has 2 fully saturated rings. The van der Waals surface area contributed by atoms with Crippen LogP contribution in [0.5, 0.6) is 0 Å². The number of aliphatic hydroxyl groups is 1. The lowest BCUT2D eigenvalue weighted by molar-refractivity contribution is -0.161. The van der Waals surface area contributed by atoms with E-state index >= 15 is 4.79 Å². The summed E-state index contributed by atoms with van der Waals surface area (Å²) in [7, 11) is 0. The molecule has 1 spiro atoms. The van der Waals surface area contributed by atoms with Gasteiger partial charge in [0.05, 0.1) is 12.0 Å². The molecule has 0 radical (unpaired) electrons. The number of ether oxygens (including phenoxy) is 2. The van der Waals surface area contributed by atoms with Crippen molar-refractivity contribution in [2.24, 2.45) is 11.8 Å². The molecule has 266 valence electrons. The zero-order valence-corrected chi connectivity index (χ0v) is 30.4. The Morgan fingerprint density at radius 2 is 1.64 bits per heavy atom. The van der Waals surface area contributed by atoms with E-state index in [-0.39, 0.29) is 37.3 Å². The molecule has 4 aliphatic rings. The summed E-state index contributed by atoms with van der Waals surface area (Å²) in [6.45, 7) is 6.32. The van der Waals surface area contributed by atoms with Crippen molar-refractivity contribution in [2.75, 3.05) is 24.6 Å². The number of aliphatic hydroxyl groups excluding tert-OH is 1. The van der Waals surface area contributed by atoms with Gasteiger partial charge in [0.25, 0.3) is 5.91 Å². The fraction of sp³-hybridized carbons (Fsp3) is 0.487. The van der Waals surface area contributed by atoms with Crippen LogP contribution in [0.3, 0.4) is 0 Å². The number of hydrogen-bond acceptors (Lipinski definition) is 7. The first-order valence-corrected chi connectivity index (χ1v) is 18.4. The van der Waals surface area contributed by atoms with Crippen molar-refractivity contribution in [3.63, 3.8) is 0 Å². The van der Waals surface area contributed by atoms with Crippen LogP contribution in [-0.4, -0.2) is 77.2 Å². The number of hydrogen-bond donors (Lipinski definition) is 2. The van der Waals surface area contributed by atoms with Gasteiger partial charge in [-0.2, -0.15) is 0 Å². The maximum atomic E-state index is 15.2. The zero-order chi connectivity index (χ0) is 35.6. The van der Waals surface area contributed by atoms with Gasteiger partial charge >= 0.3 is 5.97 Å². The van der Waals surface area contributed by atoms with Crippen molar-refractivity contribution >= 4 is 45.3 Å². The van der Waals surface area contributed by atoms with E-state index in [1.54, 1.807) is 16.7 Å². The van der Waals surface area contributed by atoms with Crippen LogP contribution >= 0.6 is 15.9 Å². The molecular formula is C39H46BrN3O7. The fourth-order valence-electron chi connectivity index (χ4n) is 8.14. The first-order chi connectivity index (χ1) is 24.1.